The Bertz CT molecular complexity index is 504. The zero-order chi connectivity index (χ0) is 13.7. The second-order valence-corrected chi connectivity index (χ2v) is 4.84. The number of nitrogens with zero attached hydrogens (tertiary/aromatic N) is 1. The molecular formula is C17H23N. The molecule has 0 saturated carbocycles. The molecule has 1 nitrogen and oxygen atoms in total. The fourth-order valence-electron chi connectivity index (χ4n) is 1.71. The molecule has 0 N–H and O–H groups in total. The third-order valence-corrected chi connectivity index (χ3v) is 3.22. The quantitative estimate of drug-likeness (QED) is 0.651. The van der Waals surface area contributed by atoms with E-state index in [2.05, 4.69) is 57.5 Å². The van der Waals surface area contributed by atoms with Crippen LogP contribution in [0.3, 0.4) is 0 Å². The van der Waals surface area contributed by atoms with E-state index in [1.807, 2.05) is 13.1 Å². The highest BCUT2D eigenvalue weighted by Crippen LogP contribution is 2.22. The summed E-state index contributed by atoms with van der Waals surface area (Å²) in [6, 6.07) is 6.57. The van der Waals surface area contributed by atoms with Crippen molar-refractivity contribution in [3.8, 4) is 0 Å². The monoisotopic (exact) mass is 241 g/mol. The minimum Gasteiger partial charge on any atom is -0.262 e. The second-order valence-electron chi connectivity index (χ2n) is 4.84. The molecule has 18 heavy (non-hydrogen) atoms. The number of aryl methyl sites for hydroxylation is 2. The second kappa shape index (κ2) is 6.34. The van der Waals surface area contributed by atoms with E-state index in [0.717, 1.165) is 12.1 Å². The normalized spacial score (nSPS) is 12.7. The highest BCUT2D eigenvalue weighted by molar-refractivity contribution is 6.11. The van der Waals surface area contributed by atoms with Crippen molar-refractivity contribution in [3.05, 3.63) is 52.7 Å². The third-order valence-electron chi connectivity index (χ3n) is 3.22. The SMILES string of the molecule is C=C(C)N=C/C(=C(\C)CC)c1ccc(C)c(C)c1. The van der Waals surface area contributed by atoms with E-state index in [9.17, 15) is 0 Å². The van der Waals surface area contributed by atoms with Crippen LogP contribution < -0.4 is 0 Å². The van der Waals surface area contributed by atoms with E-state index >= 15 is 0 Å². The van der Waals surface area contributed by atoms with Crippen LogP contribution in [-0.2, 0) is 0 Å². The van der Waals surface area contributed by atoms with Crippen molar-refractivity contribution < 1.29 is 0 Å². The average molecular weight is 241 g/mol. The lowest BCUT2D eigenvalue weighted by molar-refractivity contribution is 1.11. The molecule has 0 amide bonds. The van der Waals surface area contributed by atoms with Gasteiger partial charge in [-0.1, -0.05) is 37.3 Å². The lowest BCUT2D eigenvalue weighted by Crippen LogP contribution is -1.93. The molecule has 1 aromatic carbocycles. The van der Waals surface area contributed by atoms with Gasteiger partial charge in [-0.15, -0.1) is 0 Å². The van der Waals surface area contributed by atoms with Gasteiger partial charge in [0.25, 0.3) is 0 Å². The van der Waals surface area contributed by atoms with E-state index in [1.54, 1.807) is 0 Å². The molecule has 96 valence electrons. The zero-order valence-electron chi connectivity index (χ0n) is 12.2. The molecule has 0 aliphatic carbocycles. The summed E-state index contributed by atoms with van der Waals surface area (Å²) < 4.78 is 0. The molecular weight excluding hydrogens is 218 g/mol. The van der Waals surface area contributed by atoms with E-state index in [4.69, 9.17) is 0 Å². The number of hydrogen-bond donors (Lipinski definition) is 0. The molecule has 0 aromatic heterocycles. The van der Waals surface area contributed by atoms with Crippen LogP contribution in [0.1, 0.15) is 43.9 Å². The van der Waals surface area contributed by atoms with E-state index in [0.29, 0.717) is 0 Å². The van der Waals surface area contributed by atoms with Crippen LogP contribution in [-0.4, -0.2) is 6.21 Å². The van der Waals surface area contributed by atoms with Crippen LogP contribution in [0.2, 0.25) is 0 Å². The fourth-order valence-corrected chi connectivity index (χ4v) is 1.71. The molecule has 1 rings (SSSR count). The van der Waals surface area contributed by atoms with Crippen molar-refractivity contribution in [3.63, 3.8) is 0 Å². The zero-order valence-corrected chi connectivity index (χ0v) is 12.2. The van der Waals surface area contributed by atoms with Crippen molar-refractivity contribution in [2.24, 2.45) is 4.99 Å². The van der Waals surface area contributed by atoms with Gasteiger partial charge in [0.1, 0.15) is 0 Å². The van der Waals surface area contributed by atoms with Gasteiger partial charge in [0.15, 0.2) is 0 Å². The molecule has 0 bridgehead atoms. The molecule has 0 aliphatic rings. The maximum Gasteiger partial charge on any atom is 0.0348 e. The number of aliphatic imine (C=N–C) groups is 1. The standard InChI is InChI=1S/C17H23N/c1-7-13(4)17(11-18-12(2)3)16-9-8-14(5)15(6)10-16/h8-11H,2,7H2,1,3-6H3/b17-13-,18-11?. The number of benzene rings is 1. The highest BCUT2D eigenvalue weighted by Gasteiger charge is 2.04. The van der Waals surface area contributed by atoms with Crippen molar-refractivity contribution in [1.82, 2.24) is 0 Å². The predicted octanol–water partition coefficient (Wildman–Crippen LogP) is 5.09. The Kier molecular flexibility index (Phi) is 5.08. The lowest BCUT2D eigenvalue weighted by Gasteiger charge is -2.09. The first kappa shape index (κ1) is 14.4. The van der Waals surface area contributed by atoms with Gasteiger partial charge in [-0.2, -0.15) is 0 Å². The Morgan fingerprint density at radius 1 is 1.22 bits per heavy atom. The Labute approximate surface area is 111 Å². The third kappa shape index (κ3) is 3.69. The summed E-state index contributed by atoms with van der Waals surface area (Å²) >= 11 is 0. The number of hydrogen-bond acceptors (Lipinski definition) is 1. The van der Waals surface area contributed by atoms with Crippen molar-refractivity contribution in [1.29, 1.82) is 0 Å². The van der Waals surface area contributed by atoms with Gasteiger partial charge >= 0.3 is 0 Å². The first-order valence-corrected chi connectivity index (χ1v) is 6.42. The van der Waals surface area contributed by atoms with Crippen LogP contribution in [0.25, 0.3) is 5.57 Å². The van der Waals surface area contributed by atoms with Crippen LogP contribution in [0.5, 0.6) is 0 Å². The van der Waals surface area contributed by atoms with E-state index in [-0.39, 0.29) is 0 Å². The van der Waals surface area contributed by atoms with Gasteiger partial charge in [-0.25, -0.2) is 0 Å². The first-order valence-electron chi connectivity index (χ1n) is 6.42. The molecule has 0 unspecified atom stereocenters. The maximum absolute atomic E-state index is 4.35. The Morgan fingerprint density at radius 3 is 2.39 bits per heavy atom. The fraction of sp³-hybridized carbons (Fsp3) is 0.353. The van der Waals surface area contributed by atoms with Crippen molar-refractivity contribution >= 4 is 11.8 Å². The van der Waals surface area contributed by atoms with E-state index in [1.165, 1.54) is 27.8 Å². The van der Waals surface area contributed by atoms with Crippen LogP contribution in [0, 0.1) is 13.8 Å². The first-order chi connectivity index (χ1) is 8.45. The van der Waals surface area contributed by atoms with Gasteiger partial charge < -0.3 is 0 Å². The van der Waals surface area contributed by atoms with Gasteiger partial charge in [-0.05, 0) is 56.4 Å². The molecule has 0 aliphatic heterocycles. The smallest absolute Gasteiger partial charge is 0.0348 e. The van der Waals surface area contributed by atoms with Gasteiger partial charge in [-0.3, -0.25) is 4.99 Å². The predicted molar refractivity (Wildman–Crippen MR) is 82.1 cm³/mol. The molecule has 0 heterocycles. The molecule has 0 saturated heterocycles. The van der Waals surface area contributed by atoms with Gasteiger partial charge in [0, 0.05) is 11.9 Å². The molecule has 0 spiro atoms. The minimum absolute atomic E-state index is 0.834. The molecule has 0 fully saturated rings. The minimum atomic E-state index is 0.834. The summed E-state index contributed by atoms with van der Waals surface area (Å²) in [4.78, 5) is 4.35. The number of allylic oxidation sites excluding steroid dienone is 3. The van der Waals surface area contributed by atoms with Crippen LogP contribution >= 0.6 is 0 Å². The topological polar surface area (TPSA) is 12.4 Å². The average Bonchev–Trinajstić information content (AvgIpc) is 2.33. The summed E-state index contributed by atoms with van der Waals surface area (Å²) in [6.45, 7) is 14.3. The molecule has 1 heteroatoms. The van der Waals surface area contributed by atoms with E-state index < -0.39 is 0 Å². The molecule has 0 radical (unpaired) electrons. The van der Waals surface area contributed by atoms with Gasteiger partial charge in [0.2, 0.25) is 0 Å². The Morgan fingerprint density at radius 2 is 1.89 bits per heavy atom. The largest absolute Gasteiger partial charge is 0.262 e. The summed E-state index contributed by atoms with van der Waals surface area (Å²) in [5.41, 5.74) is 7.27. The van der Waals surface area contributed by atoms with Crippen molar-refractivity contribution in [2.75, 3.05) is 0 Å². The highest BCUT2D eigenvalue weighted by atomic mass is 14.7. The lowest BCUT2D eigenvalue weighted by atomic mass is 9.97. The van der Waals surface area contributed by atoms with Crippen LogP contribution in [0.15, 0.2) is 41.0 Å². The van der Waals surface area contributed by atoms with Crippen molar-refractivity contribution in [2.45, 2.75) is 41.0 Å². The maximum atomic E-state index is 4.35. The number of rotatable bonds is 4. The van der Waals surface area contributed by atoms with Crippen LogP contribution in [0.4, 0.5) is 0 Å². The Balaban J connectivity index is 3.27. The summed E-state index contributed by atoms with van der Waals surface area (Å²) in [7, 11) is 0. The summed E-state index contributed by atoms with van der Waals surface area (Å²) in [5, 5.41) is 0. The molecule has 1 aromatic rings. The summed E-state index contributed by atoms with van der Waals surface area (Å²) in [5.74, 6) is 0. The molecule has 0 atom stereocenters. The Hall–Kier alpha value is -1.63. The van der Waals surface area contributed by atoms with Gasteiger partial charge in [0.05, 0.1) is 0 Å². The summed E-state index contributed by atoms with van der Waals surface area (Å²) in [6.07, 6.45) is 2.97.